The number of amides is 1. The molecule has 1 aromatic carbocycles. The first kappa shape index (κ1) is 15.0. The first-order valence-electron chi connectivity index (χ1n) is 6.45. The molecule has 1 aromatic rings. The smallest absolute Gasteiger partial charge is 0.243 e. The Morgan fingerprint density at radius 2 is 2.15 bits per heavy atom. The zero-order chi connectivity index (χ0) is 14.9. The van der Waals surface area contributed by atoms with Gasteiger partial charge in [-0.25, -0.2) is 8.42 Å². The number of nitrogens with zero attached hydrogens (tertiary/aromatic N) is 1. The van der Waals surface area contributed by atoms with Crippen molar-refractivity contribution in [2.45, 2.75) is 24.8 Å². The van der Waals surface area contributed by atoms with Crippen LogP contribution in [0.5, 0.6) is 0 Å². The second kappa shape index (κ2) is 5.51. The highest BCUT2D eigenvalue weighted by atomic mass is 32.2. The van der Waals surface area contributed by atoms with Crippen LogP contribution >= 0.6 is 0 Å². The normalized spacial score (nSPS) is 20.2. The van der Waals surface area contributed by atoms with E-state index in [1.165, 1.54) is 4.31 Å². The van der Waals surface area contributed by atoms with Crippen molar-refractivity contribution in [3.05, 3.63) is 29.3 Å². The van der Waals surface area contributed by atoms with E-state index in [0.717, 1.165) is 5.56 Å². The number of primary amides is 1. The Bertz CT molecular complexity index is 628. The molecule has 0 aromatic heterocycles. The molecule has 7 heteroatoms. The zero-order valence-electron chi connectivity index (χ0n) is 11.4. The summed E-state index contributed by atoms with van der Waals surface area (Å²) in [6, 6.07) is 5.16. The lowest BCUT2D eigenvalue weighted by molar-refractivity contribution is -0.121. The van der Waals surface area contributed by atoms with Crippen LogP contribution in [0.3, 0.4) is 0 Å². The van der Waals surface area contributed by atoms with Crippen LogP contribution in [0.25, 0.3) is 0 Å². The maximum atomic E-state index is 12.6. The summed E-state index contributed by atoms with van der Waals surface area (Å²) < 4.78 is 26.6. The minimum absolute atomic E-state index is 0.157. The lowest BCUT2D eigenvalue weighted by atomic mass is 10.1. The Labute approximate surface area is 118 Å². The monoisotopic (exact) mass is 297 g/mol. The Kier molecular flexibility index (Phi) is 4.12. The number of sulfonamides is 1. The molecule has 20 heavy (non-hydrogen) atoms. The van der Waals surface area contributed by atoms with E-state index in [2.05, 4.69) is 0 Å². The van der Waals surface area contributed by atoms with Gasteiger partial charge in [-0.3, -0.25) is 4.79 Å². The molecule has 1 heterocycles. The fourth-order valence-corrected chi connectivity index (χ4v) is 4.14. The Balaban J connectivity index is 2.34. The Morgan fingerprint density at radius 1 is 1.45 bits per heavy atom. The van der Waals surface area contributed by atoms with Crippen molar-refractivity contribution in [3.63, 3.8) is 0 Å². The molecular weight excluding hydrogens is 278 g/mol. The van der Waals surface area contributed by atoms with Gasteiger partial charge >= 0.3 is 0 Å². The third kappa shape index (κ3) is 2.70. The molecule has 6 nitrogen and oxygen atoms in total. The van der Waals surface area contributed by atoms with Crippen molar-refractivity contribution >= 4 is 15.9 Å². The van der Waals surface area contributed by atoms with Crippen LogP contribution in [0, 0.1) is 12.8 Å². The van der Waals surface area contributed by atoms with Gasteiger partial charge in [0.05, 0.1) is 10.8 Å². The largest absolute Gasteiger partial charge is 0.369 e. The van der Waals surface area contributed by atoms with E-state index in [9.17, 15) is 13.2 Å². The fourth-order valence-electron chi connectivity index (χ4n) is 2.37. The van der Waals surface area contributed by atoms with Gasteiger partial charge in [0.15, 0.2) is 0 Å². The summed E-state index contributed by atoms with van der Waals surface area (Å²) in [5.74, 6) is -0.849. The quantitative estimate of drug-likeness (QED) is 0.812. The molecule has 0 radical (unpaired) electrons. The maximum absolute atomic E-state index is 12.6. The van der Waals surface area contributed by atoms with Crippen LogP contribution in [-0.2, 0) is 21.4 Å². The van der Waals surface area contributed by atoms with Gasteiger partial charge in [-0.05, 0) is 30.5 Å². The zero-order valence-corrected chi connectivity index (χ0v) is 12.2. The molecular formula is C13H19N3O3S. The fraction of sp³-hybridized carbons (Fsp3) is 0.462. The van der Waals surface area contributed by atoms with Crippen molar-refractivity contribution in [1.29, 1.82) is 0 Å². The number of nitrogens with two attached hydrogens (primary N) is 2. The third-order valence-electron chi connectivity index (χ3n) is 3.66. The lowest BCUT2D eigenvalue weighted by Gasteiger charge is -2.18. The van der Waals surface area contributed by atoms with Gasteiger partial charge in [0, 0.05) is 19.6 Å². The second-order valence-electron chi connectivity index (χ2n) is 5.05. The van der Waals surface area contributed by atoms with E-state index in [1.807, 2.05) is 6.07 Å². The molecule has 1 unspecified atom stereocenters. The summed E-state index contributed by atoms with van der Waals surface area (Å²) in [5, 5.41) is 0. The van der Waals surface area contributed by atoms with E-state index in [1.54, 1.807) is 19.1 Å². The van der Waals surface area contributed by atoms with E-state index >= 15 is 0 Å². The molecule has 2 rings (SSSR count). The second-order valence-corrected chi connectivity index (χ2v) is 6.96. The van der Waals surface area contributed by atoms with Crippen LogP contribution in [0.1, 0.15) is 17.5 Å². The lowest BCUT2D eigenvalue weighted by Crippen LogP contribution is -2.32. The van der Waals surface area contributed by atoms with Crippen molar-refractivity contribution in [2.75, 3.05) is 13.1 Å². The number of aryl methyl sites for hydroxylation is 1. The molecule has 1 atom stereocenters. The summed E-state index contributed by atoms with van der Waals surface area (Å²) in [5.41, 5.74) is 12.2. The summed E-state index contributed by atoms with van der Waals surface area (Å²) in [6.45, 7) is 2.51. The van der Waals surface area contributed by atoms with Gasteiger partial charge < -0.3 is 11.5 Å². The van der Waals surface area contributed by atoms with Crippen LogP contribution in [-0.4, -0.2) is 31.7 Å². The molecule has 1 amide bonds. The predicted octanol–water partition coefficient (Wildman–Crippen LogP) is -0.0504. The molecule has 1 aliphatic heterocycles. The Morgan fingerprint density at radius 3 is 2.70 bits per heavy atom. The van der Waals surface area contributed by atoms with Gasteiger partial charge in [-0.15, -0.1) is 0 Å². The minimum Gasteiger partial charge on any atom is -0.369 e. The molecule has 1 fully saturated rings. The highest BCUT2D eigenvalue weighted by molar-refractivity contribution is 7.89. The van der Waals surface area contributed by atoms with Gasteiger partial charge in [-0.2, -0.15) is 4.31 Å². The van der Waals surface area contributed by atoms with Crippen molar-refractivity contribution in [1.82, 2.24) is 4.31 Å². The van der Waals surface area contributed by atoms with Crippen LogP contribution < -0.4 is 11.5 Å². The van der Waals surface area contributed by atoms with Crippen molar-refractivity contribution < 1.29 is 13.2 Å². The van der Waals surface area contributed by atoms with E-state index < -0.39 is 21.8 Å². The first-order valence-corrected chi connectivity index (χ1v) is 7.89. The number of rotatable bonds is 4. The number of carbonyl (C=O) groups excluding carboxylic acids is 1. The number of carbonyl (C=O) groups is 1. The molecule has 0 saturated carbocycles. The van der Waals surface area contributed by atoms with Gasteiger partial charge in [0.25, 0.3) is 0 Å². The molecule has 0 spiro atoms. The van der Waals surface area contributed by atoms with Gasteiger partial charge in [0.1, 0.15) is 0 Å². The third-order valence-corrected chi connectivity index (χ3v) is 5.67. The van der Waals surface area contributed by atoms with E-state index in [0.29, 0.717) is 18.5 Å². The molecule has 1 saturated heterocycles. The standard InChI is InChI=1S/C13H19N3O3S/c1-9-2-3-10(7-14)6-12(9)20(18,19)16-5-4-11(8-16)13(15)17/h2-3,6,11H,4-5,7-8,14H2,1H3,(H2,15,17). The molecule has 0 aliphatic carbocycles. The van der Waals surface area contributed by atoms with Gasteiger partial charge in [-0.1, -0.05) is 12.1 Å². The maximum Gasteiger partial charge on any atom is 0.243 e. The average molecular weight is 297 g/mol. The van der Waals surface area contributed by atoms with Crippen LogP contribution in [0.2, 0.25) is 0 Å². The summed E-state index contributed by atoms with van der Waals surface area (Å²) in [6.07, 6.45) is 0.476. The molecule has 1 aliphatic rings. The van der Waals surface area contributed by atoms with Gasteiger partial charge in [0.2, 0.25) is 15.9 Å². The summed E-state index contributed by atoms with van der Waals surface area (Å²) in [4.78, 5) is 11.4. The highest BCUT2D eigenvalue weighted by Crippen LogP contribution is 2.26. The molecule has 110 valence electrons. The SMILES string of the molecule is Cc1ccc(CN)cc1S(=O)(=O)N1CCC(C(N)=O)C1. The predicted molar refractivity (Wildman–Crippen MR) is 75.1 cm³/mol. The van der Waals surface area contributed by atoms with Crippen molar-refractivity contribution in [2.24, 2.45) is 17.4 Å². The number of hydrogen-bond acceptors (Lipinski definition) is 4. The van der Waals surface area contributed by atoms with Crippen LogP contribution in [0.4, 0.5) is 0 Å². The topological polar surface area (TPSA) is 106 Å². The summed E-state index contributed by atoms with van der Waals surface area (Å²) >= 11 is 0. The molecule has 0 bridgehead atoms. The molecule has 4 N–H and O–H groups in total. The van der Waals surface area contributed by atoms with E-state index in [4.69, 9.17) is 11.5 Å². The number of hydrogen-bond donors (Lipinski definition) is 2. The number of benzene rings is 1. The highest BCUT2D eigenvalue weighted by Gasteiger charge is 2.35. The van der Waals surface area contributed by atoms with Crippen LogP contribution in [0.15, 0.2) is 23.1 Å². The van der Waals surface area contributed by atoms with Crippen molar-refractivity contribution in [3.8, 4) is 0 Å². The first-order chi connectivity index (χ1) is 9.36. The Hall–Kier alpha value is -1.44. The average Bonchev–Trinajstić information content (AvgIpc) is 2.89. The summed E-state index contributed by atoms with van der Waals surface area (Å²) in [7, 11) is -3.60. The minimum atomic E-state index is -3.60. The van der Waals surface area contributed by atoms with E-state index in [-0.39, 0.29) is 18.0 Å².